The Kier molecular flexibility index (Phi) is 4.02. The van der Waals surface area contributed by atoms with E-state index in [1.165, 1.54) is 6.42 Å². The molecule has 0 unspecified atom stereocenters. The highest BCUT2D eigenvalue weighted by Gasteiger charge is 2.34. The summed E-state index contributed by atoms with van der Waals surface area (Å²) in [5.74, 6) is -1.87. The first kappa shape index (κ1) is 12.4. The van der Waals surface area contributed by atoms with E-state index in [1.807, 2.05) is 4.90 Å². The maximum absolute atomic E-state index is 12.3. The summed E-state index contributed by atoms with van der Waals surface area (Å²) in [5.41, 5.74) is 0. The molecule has 2 atom stereocenters. The first-order chi connectivity index (χ1) is 8.20. The minimum absolute atomic E-state index is 0.0543. The first-order valence-corrected chi connectivity index (χ1v) is 6.70. The Morgan fingerprint density at radius 2 is 1.47 bits per heavy atom. The lowest BCUT2D eigenvalue weighted by Crippen LogP contribution is -2.47. The van der Waals surface area contributed by atoms with E-state index in [1.54, 1.807) is 0 Å². The second kappa shape index (κ2) is 5.52. The van der Waals surface area contributed by atoms with E-state index in [2.05, 4.69) is 0 Å². The number of piperidine rings is 1. The van der Waals surface area contributed by atoms with E-state index in [0.29, 0.717) is 12.8 Å². The molecule has 2 aliphatic rings. The molecule has 0 aromatic rings. The Morgan fingerprint density at radius 3 is 2.06 bits per heavy atom. The van der Waals surface area contributed by atoms with Gasteiger partial charge in [0.25, 0.3) is 0 Å². The van der Waals surface area contributed by atoms with Crippen molar-refractivity contribution in [3.63, 3.8) is 0 Å². The van der Waals surface area contributed by atoms with Gasteiger partial charge in [-0.2, -0.15) is 0 Å². The van der Waals surface area contributed by atoms with Crippen molar-refractivity contribution in [2.45, 2.75) is 44.9 Å². The van der Waals surface area contributed by atoms with Crippen molar-refractivity contribution >= 4 is 11.9 Å². The van der Waals surface area contributed by atoms with Gasteiger partial charge in [0.1, 0.15) is 0 Å². The van der Waals surface area contributed by atoms with Gasteiger partial charge in [0.2, 0.25) is 5.91 Å². The van der Waals surface area contributed by atoms with E-state index >= 15 is 0 Å². The van der Waals surface area contributed by atoms with Crippen molar-refractivity contribution in [1.82, 2.24) is 4.90 Å². The summed E-state index contributed by atoms with van der Waals surface area (Å²) in [6, 6.07) is 0. The quantitative estimate of drug-likeness (QED) is 0.706. The lowest BCUT2D eigenvalue weighted by atomic mass is 9.78. The maximum Gasteiger partial charge on any atom is 0.226 e. The van der Waals surface area contributed by atoms with E-state index in [0.717, 1.165) is 38.8 Å². The molecule has 2 rings (SSSR count). The maximum atomic E-state index is 12.3. The molecule has 1 amide bonds. The Bertz CT molecular complexity index is 297. The molecule has 0 aromatic heterocycles. The summed E-state index contributed by atoms with van der Waals surface area (Å²) < 4.78 is 0. The van der Waals surface area contributed by atoms with Crippen LogP contribution in [-0.4, -0.2) is 29.9 Å². The smallest absolute Gasteiger partial charge is 0.226 e. The first-order valence-electron chi connectivity index (χ1n) is 6.70. The Morgan fingerprint density at radius 1 is 0.882 bits per heavy atom. The fraction of sp³-hybridized carbons (Fsp3) is 0.846. The van der Waals surface area contributed by atoms with Gasteiger partial charge in [-0.3, -0.25) is 4.79 Å². The molecular weight excluding hydrogens is 218 g/mol. The van der Waals surface area contributed by atoms with Gasteiger partial charge in [0, 0.05) is 30.9 Å². The highest BCUT2D eigenvalue weighted by molar-refractivity contribution is 5.84. The lowest BCUT2D eigenvalue weighted by molar-refractivity contribution is -0.314. The van der Waals surface area contributed by atoms with Gasteiger partial charge in [-0.1, -0.05) is 12.8 Å². The number of aliphatic carboxylic acids is 1. The second-order valence-corrected chi connectivity index (χ2v) is 5.20. The lowest BCUT2D eigenvalue weighted by Gasteiger charge is -2.36. The Balaban J connectivity index is 2.02. The molecule has 0 aromatic carbocycles. The van der Waals surface area contributed by atoms with Crippen LogP contribution >= 0.6 is 0 Å². The van der Waals surface area contributed by atoms with Gasteiger partial charge < -0.3 is 14.8 Å². The minimum Gasteiger partial charge on any atom is -0.550 e. The molecule has 96 valence electrons. The summed E-state index contributed by atoms with van der Waals surface area (Å²) in [4.78, 5) is 25.2. The van der Waals surface area contributed by atoms with Crippen molar-refractivity contribution in [2.75, 3.05) is 13.1 Å². The number of amides is 1. The monoisotopic (exact) mass is 238 g/mol. The van der Waals surface area contributed by atoms with Crippen LogP contribution in [0.4, 0.5) is 0 Å². The Hall–Kier alpha value is -1.06. The molecular formula is C13H20NO3-. The van der Waals surface area contributed by atoms with Crippen LogP contribution in [0.15, 0.2) is 0 Å². The highest BCUT2D eigenvalue weighted by Crippen LogP contribution is 2.31. The summed E-state index contributed by atoms with van der Waals surface area (Å²) in [6.07, 6.45) is 6.47. The summed E-state index contributed by atoms with van der Waals surface area (Å²) >= 11 is 0. The van der Waals surface area contributed by atoms with Crippen molar-refractivity contribution in [3.05, 3.63) is 0 Å². The number of carboxylic acid groups (broad SMARTS) is 1. The Labute approximate surface area is 102 Å². The molecule has 1 aliphatic heterocycles. The van der Waals surface area contributed by atoms with Crippen LogP contribution in [0.3, 0.4) is 0 Å². The highest BCUT2D eigenvalue weighted by atomic mass is 16.4. The molecule has 1 saturated carbocycles. The number of carbonyl (C=O) groups is 2. The molecule has 0 radical (unpaired) electrons. The fourth-order valence-electron chi connectivity index (χ4n) is 3.06. The summed E-state index contributed by atoms with van der Waals surface area (Å²) in [5, 5.41) is 11.1. The van der Waals surface area contributed by atoms with Gasteiger partial charge in [0.05, 0.1) is 0 Å². The number of hydrogen-bond donors (Lipinski definition) is 0. The average Bonchev–Trinajstić information content (AvgIpc) is 2.39. The molecule has 0 bridgehead atoms. The summed E-state index contributed by atoms with van der Waals surface area (Å²) in [6.45, 7) is 1.60. The molecule has 17 heavy (non-hydrogen) atoms. The molecule has 1 aliphatic carbocycles. The number of carbonyl (C=O) groups excluding carboxylic acids is 2. The molecule has 4 heteroatoms. The van der Waals surface area contributed by atoms with Crippen LogP contribution in [0.2, 0.25) is 0 Å². The zero-order chi connectivity index (χ0) is 12.3. The second-order valence-electron chi connectivity index (χ2n) is 5.20. The van der Waals surface area contributed by atoms with Crippen molar-refractivity contribution < 1.29 is 14.7 Å². The normalized spacial score (nSPS) is 30.0. The number of rotatable bonds is 2. The van der Waals surface area contributed by atoms with Crippen LogP contribution in [0.5, 0.6) is 0 Å². The van der Waals surface area contributed by atoms with Crippen molar-refractivity contribution in [3.8, 4) is 0 Å². The molecule has 2 fully saturated rings. The predicted octanol–water partition coefficient (Wildman–Crippen LogP) is 0.555. The molecule has 1 heterocycles. The van der Waals surface area contributed by atoms with Gasteiger partial charge in [-0.15, -0.1) is 0 Å². The number of likely N-dealkylation sites (tertiary alicyclic amines) is 1. The third-order valence-electron chi connectivity index (χ3n) is 4.05. The van der Waals surface area contributed by atoms with E-state index < -0.39 is 11.9 Å². The van der Waals surface area contributed by atoms with Crippen LogP contribution in [0.25, 0.3) is 0 Å². The fourth-order valence-corrected chi connectivity index (χ4v) is 3.06. The van der Waals surface area contributed by atoms with Crippen molar-refractivity contribution in [2.24, 2.45) is 11.8 Å². The van der Waals surface area contributed by atoms with E-state index in [9.17, 15) is 14.7 Å². The zero-order valence-electron chi connectivity index (χ0n) is 10.2. The average molecular weight is 238 g/mol. The van der Waals surface area contributed by atoms with E-state index in [4.69, 9.17) is 0 Å². The van der Waals surface area contributed by atoms with E-state index in [-0.39, 0.29) is 11.8 Å². The molecule has 0 N–H and O–H groups in total. The zero-order valence-corrected chi connectivity index (χ0v) is 10.2. The third-order valence-corrected chi connectivity index (χ3v) is 4.05. The molecule has 1 saturated heterocycles. The van der Waals surface area contributed by atoms with Crippen LogP contribution < -0.4 is 5.11 Å². The largest absolute Gasteiger partial charge is 0.550 e. The summed E-state index contributed by atoms with van der Waals surface area (Å²) in [7, 11) is 0. The van der Waals surface area contributed by atoms with Crippen LogP contribution in [-0.2, 0) is 9.59 Å². The number of carboxylic acids is 1. The predicted molar refractivity (Wildman–Crippen MR) is 60.9 cm³/mol. The van der Waals surface area contributed by atoms with Gasteiger partial charge in [-0.05, 0) is 32.1 Å². The third kappa shape index (κ3) is 2.79. The number of nitrogens with zero attached hydrogens (tertiary/aromatic N) is 1. The molecule has 0 spiro atoms. The van der Waals surface area contributed by atoms with Gasteiger partial charge >= 0.3 is 0 Å². The SMILES string of the molecule is O=C([O-])[C@@H]1CCCC[C@H]1C(=O)N1CCCCC1. The van der Waals surface area contributed by atoms with Crippen LogP contribution in [0.1, 0.15) is 44.9 Å². The standard InChI is InChI=1S/C13H21NO3/c15-12(14-8-4-1-5-9-14)10-6-2-3-7-11(10)13(16)17/h10-11H,1-9H2,(H,16,17)/p-1/t10-,11-/m1/s1. The molecule has 4 nitrogen and oxygen atoms in total. The number of hydrogen-bond acceptors (Lipinski definition) is 3. The van der Waals surface area contributed by atoms with Gasteiger partial charge in [-0.25, -0.2) is 0 Å². The topological polar surface area (TPSA) is 60.4 Å². The van der Waals surface area contributed by atoms with Gasteiger partial charge in [0.15, 0.2) is 0 Å². The minimum atomic E-state index is -1.04. The van der Waals surface area contributed by atoms with Crippen molar-refractivity contribution in [1.29, 1.82) is 0 Å². The van der Waals surface area contributed by atoms with Crippen LogP contribution in [0, 0.1) is 11.8 Å².